The summed E-state index contributed by atoms with van der Waals surface area (Å²) in [5.41, 5.74) is 5.85. The van der Waals surface area contributed by atoms with Crippen LogP contribution in [-0.4, -0.2) is 31.1 Å². The molecular weight excluding hydrogens is 363 g/mol. The highest BCUT2D eigenvalue weighted by atomic mass is 19.1. The first kappa shape index (κ1) is 17.3. The molecule has 8 nitrogen and oxygen atoms in total. The number of hydrogen-bond acceptors (Lipinski definition) is 3. The van der Waals surface area contributed by atoms with Gasteiger partial charge in [0.15, 0.2) is 5.82 Å². The molecule has 0 radical (unpaired) electrons. The number of nitrogens with one attached hydrogen (secondary N) is 3. The van der Waals surface area contributed by atoms with Gasteiger partial charge in [-0.25, -0.2) is 9.07 Å². The molecule has 0 aliphatic carbocycles. The fourth-order valence-electron chi connectivity index (χ4n) is 2.72. The highest BCUT2D eigenvalue weighted by molar-refractivity contribution is 6.00. The second-order valence-corrected chi connectivity index (χ2v) is 5.85. The summed E-state index contributed by atoms with van der Waals surface area (Å²) < 4.78 is 16.5. The molecule has 140 valence electrons. The number of carbonyl (C=O) groups excluding carboxylic acids is 2. The van der Waals surface area contributed by atoms with Crippen molar-refractivity contribution in [3.05, 3.63) is 90.4 Å². The lowest BCUT2D eigenvalue weighted by Gasteiger charge is -2.11. The van der Waals surface area contributed by atoms with Gasteiger partial charge < -0.3 is 9.55 Å². The Morgan fingerprint density at radius 3 is 2.36 bits per heavy atom. The molecule has 0 spiro atoms. The van der Waals surface area contributed by atoms with Crippen LogP contribution in [-0.2, 0) is 0 Å². The van der Waals surface area contributed by atoms with E-state index in [1.54, 1.807) is 59.6 Å². The molecule has 0 unspecified atom stereocenters. The molecule has 0 saturated carbocycles. The van der Waals surface area contributed by atoms with E-state index >= 15 is 0 Å². The highest BCUT2D eigenvalue weighted by Gasteiger charge is 2.20. The van der Waals surface area contributed by atoms with E-state index in [0.717, 1.165) is 0 Å². The van der Waals surface area contributed by atoms with Crippen molar-refractivity contribution < 1.29 is 14.0 Å². The number of hydrazine groups is 1. The Morgan fingerprint density at radius 1 is 0.964 bits per heavy atom. The van der Waals surface area contributed by atoms with Crippen LogP contribution in [0.5, 0.6) is 0 Å². The van der Waals surface area contributed by atoms with Crippen molar-refractivity contribution >= 4 is 11.8 Å². The molecule has 3 N–H and O–H groups in total. The number of hydrogen-bond donors (Lipinski definition) is 3. The van der Waals surface area contributed by atoms with Gasteiger partial charge in [-0.3, -0.25) is 20.4 Å². The highest BCUT2D eigenvalue weighted by Crippen LogP contribution is 2.20. The summed E-state index contributed by atoms with van der Waals surface area (Å²) in [4.78, 5) is 27.4. The van der Waals surface area contributed by atoms with Gasteiger partial charge in [0, 0.05) is 18.6 Å². The van der Waals surface area contributed by atoms with Gasteiger partial charge in [-0.15, -0.1) is 0 Å². The molecule has 0 aliphatic heterocycles. The maximum Gasteiger partial charge on any atom is 0.286 e. The Morgan fingerprint density at radius 2 is 1.68 bits per heavy atom. The predicted octanol–water partition coefficient (Wildman–Crippen LogP) is 2.21. The summed E-state index contributed by atoms with van der Waals surface area (Å²) in [5, 5.41) is 4.26. The van der Waals surface area contributed by atoms with E-state index < -0.39 is 11.8 Å². The van der Waals surface area contributed by atoms with Crippen LogP contribution in [0.2, 0.25) is 0 Å². The first-order valence-electron chi connectivity index (χ1n) is 8.35. The normalized spacial score (nSPS) is 10.6. The van der Waals surface area contributed by atoms with Crippen molar-refractivity contribution in [3.8, 4) is 11.5 Å². The van der Waals surface area contributed by atoms with Crippen molar-refractivity contribution in [2.24, 2.45) is 0 Å². The van der Waals surface area contributed by atoms with Crippen LogP contribution in [0, 0.1) is 5.82 Å². The maximum absolute atomic E-state index is 13.3. The van der Waals surface area contributed by atoms with Crippen LogP contribution < -0.4 is 10.9 Å². The van der Waals surface area contributed by atoms with E-state index in [4.69, 9.17) is 0 Å². The molecule has 3 heterocycles. The number of rotatable bonds is 4. The van der Waals surface area contributed by atoms with Crippen LogP contribution >= 0.6 is 0 Å². The summed E-state index contributed by atoms with van der Waals surface area (Å²) in [6.45, 7) is 0. The van der Waals surface area contributed by atoms with Crippen molar-refractivity contribution in [1.29, 1.82) is 0 Å². The average molecular weight is 378 g/mol. The zero-order valence-electron chi connectivity index (χ0n) is 14.5. The second-order valence-electron chi connectivity index (χ2n) is 5.85. The molecule has 4 rings (SSSR count). The predicted molar refractivity (Wildman–Crippen MR) is 98.6 cm³/mol. The van der Waals surface area contributed by atoms with Gasteiger partial charge in [-0.2, -0.15) is 5.10 Å². The number of halogens is 1. The Kier molecular flexibility index (Phi) is 4.47. The van der Waals surface area contributed by atoms with E-state index in [-0.39, 0.29) is 11.4 Å². The zero-order chi connectivity index (χ0) is 19.5. The molecule has 0 atom stereocenters. The third-order valence-electron chi connectivity index (χ3n) is 4.04. The van der Waals surface area contributed by atoms with Gasteiger partial charge in [-0.1, -0.05) is 0 Å². The summed E-state index contributed by atoms with van der Waals surface area (Å²) in [5.74, 6) is -0.949. The maximum atomic E-state index is 13.3. The van der Waals surface area contributed by atoms with Gasteiger partial charge >= 0.3 is 0 Å². The van der Waals surface area contributed by atoms with Crippen LogP contribution in [0.3, 0.4) is 0 Å². The number of nitrogens with zero attached hydrogens (tertiary/aromatic N) is 3. The molecule has 0 fully saturated rings. The van der Waals surface area contributed by atoms with Crippen molar-refractivity contribution in [3.63, 3.8) is 0 Å². The van der Waals surface area contributed by atoms with Crippen molar-refractivity contribution in [2.45, 2.75) is 0 Å². The lowest BCUT2D eigenvalue weighted by Crippen LogP contribution is -2.42. The smallest absolute Gasteiger partial charge is 0.286 e. The molecule has 0 saturated heterocycles. The SMILES string of the molecule is O=C(NNC(=O)c1cnn(-c2ccc(F)cc2)c1-n1cccc1)c1ccc[nH]1. The van der Waals surface area contributed by atoms with Crippen LogP contribution in [0.15, 0.2) is 73.3 Å². The van der Waals surface area contributed by atoms with E-state index in [1.165, 1.54) is 23.0 Å². The summed E-state index contributed by atoms with van der Waals surface area (Å²) in [6.07, 6.45) is 6.50. The topological polar surface area (TPSA) is 96.7 Å². The summed E-state index contributed by atoms with van der Waals surface area (Å²) >= 11 is 0. The Bertz CT molecular complexity index is 1100. The van der Waals surface area contributed by atoms with E-state index in [0.29, 0.717) is 17.2 Å². The number of aromatic nitrogens is 4. The molecule has 2 amide bonds. The van der Waals surface area contributed by atoms with Gasteiger partial charge in [0.2, 0.25) is 0 Å². The fraction of sp³-hybridized carbons (Fsp3) is 0. The molecule has 1 aromatic carbocycles. The van der Waals surface area contributed by atoms with Crippen LogP contribution in [0.25, 0.3) is 11.5 Å². The largest absolute Gasteiger partial charge is 0.357 e. The number of benzene rings is 1. The number of H-pyrrole nitrogens is 1. The Hall–Kier alpha value is -4.14. The Balaban J connectivity index is 1.64. The zero-order valence-corrected chi connectivity index (χ0v) is 14.5. The third kappa shape index (κ3) is 3.28. The quantitative estimate of drug-likeness (QED) is 0.475. The molecule has 3 aromatic heterocycles. The lowest BCUT2D eigenvalue weighted by atomic mass is 10.3. The van der Waals surface area contributed by atoms with Gasteiger partial charge in [0.05, 0.1) is 11.9 Å². The first-order chi connectivity index (χ1) is 13.6. The molecule has 28 heavy (non-hydrogen) atoms. The van der Waals surface area contributed by atoms with Crippen molar-refractivity contribution in [2.75, 3.05) is 0 Å². The second kappa shape index (κ2) is 7.23. The molecule has 0 aliphatic rings. The lowest BCUT2D eigenvalue weighted by molar-refractivity contribution is 0.0844. The average Bonchev–Trinajstić information content (AvgIpc) is 3.47. The van der Waals surface area contributed by atoms with E-state index in [2.05, 4.69) is 20.9 Å². The number of amides is 2. The molecular formula is C19H15FN6O2. The first-order valence-corrected chi connectivity index (χ1v) is 8.35. The number of aromatic amines is 1. The van der Waals surface area contributed by atoms with Gasteiger partial charge in [0.25, 0.3) is 11.8 Å². The summed E-state index contributed by atoms with van der Waals surface area (Å²) in [6, 6.07) is 12.6. The minimum absolute atomic E-state index is 0.229. The number of carbonyl (C=O) groups is 2. The molecule has 0 bridgehead atoms. The molecule has 9 heteroatoms. The van der Waals surface area contributed by atoms with E-state index in [9.17, 15) is 14.0 Å². The van der Waals surface area contributed by atoms with E-state index in [1.807, 2.05) is 0 Å². The van der Waals surface area contributed by atoms with Crippen LogP contribution in [0.1, 0.15) is 20.8 Å². The fourth-order valence-corrected chi connectivity index (χ4v) is 2.72. The van der Waals surface area contributed by atoms with Gasteiger partial charge in [-0.05, 0) is 48.5 Å². The van der Waals surface area contributed by atoms with Gasteiger partial charge in [0.1, 0.15) is 17.1 Å². The molecule has 4 aromatic rings. The summed E-state index contributed by atoms with van der Waals surface area (Å²) in [7, 11) is 0. The third-order valence-corrected chi connectivity index (χ3v) is 4.04. The minimum atomic E-state index is -0.544. The minimum Gasteiger partial charge on any atom is -0.357 e. The monoisotopic (exact) mass is 378 g/mol. The van der Waals surface area contributed by atoms with Crippen molar-refractivity contribution in [1.82, 2.24) is 30.2 Å². The van der Waals surface area contributed by atoms with Crippen LogP contribution in [0.4, 0.5) is 4.39 Å². The Labute approximate surface area is 158 Å². The standard InChI is InChI=1S/C19H15FN6O2/c20-13-5-7-14(8-6-13)26-19(25-10-1-2-11-25)15(12-22-26)17(27)23-24-18(28)16-4-3-9-21-16/h1-12,21H,(H,23,27)(H,24,28).